The van der Waals surface area contributed by atoms with E-state index in [1.165, 1.54) is 53.1 Å². The quantitative estimate of drug-likeness (QED) is 0.119. The maximum Gasteiger partial charge on any atom is 0.410 e. The first kappa shape index (κ1) is 36.9. The first-order chi connectivity index (χ1) is 25.9. The third-order valence-corrected chi connectivity index (χ3v) is 12.0. The molecule has 4 aliphatic rings. The first-order valence-electron chi connectivity index (χ1n) is 17.7. The summed E-state index contributed by atoms with van der Waals surface area (Å²) in [7, 11) is 0. The predicted octanol–water partition coefficient (Wildman–Crippen LogP) is 4.24. The SMILES string of the molecule is C[C@@H](O)[C@H]1C(=O)N2C(C(=O)OCc3ccc([N+](=O)[O-])cc3)=C(S[C@H]3C[C@@H](CN4CCCn5nccc54)N(C(=O)OCc4ccc([N+](=O)[O-])cc4)C3)[C@H](C)[C@H]12. The maximum atomic E-state index is 13.8. The molecule has 0 spiro atoms. The van der Waals surface area contributed by atoms with Crippen molar-refractivity contribution in [1.29, 1.82) is 0 Å². The van der Waals surface area contributed by atoms with Crippen LogP contribution in [0.2, 0.25) is 0 Å². The van der Waals surface area contributed by atoms with Gasteiger partial charge in [0.15, 0.2) is 0 Å². The van der Waals surface area contributed by atoms with E-state index in [0.29, 0.717) is 29.0 Å². The number of benzene rings is 2. The highest BCUT2D eigenvalue weighted by Crippen LogP contribution is 2.52. The number of likely N-dealkylation sites (tertiary alicyclic amines) is 1. The fraction of sp³-hybridized carbons (Fsp3) is 0.444. The minimum Gasteiger partial charge on any atom is -0.456 e. The van der Waals surface area contributed by atoms with Gasteiger partial charge in [0.2, 0.25) is 5.91 Å². The Hall–Kier alpha value is -5.49. The molecule has 0 radical (unpaired) electrons. The van der Waals surface area contributed by atoms with E-state index in [2.05, 4.69) is 10.00 Å². The molecule has 284 valence electrons. The largest absolute Gasteiger partial charge is 0.456 e. The van der Waals surface area contributed by atoms with Crippen molar-refractivity contribution in [1.82, 2.24) is 19.6 Å². The number of aromatic nitrogens is 2. The number of hydrogen-bond acceptors (Lipinski definition) is 13. The van der Waals surface area contributed by atoms with E-state index in [4.69, 9.17) is 9.47 Å². The number of non-ortho nitro benzene ring substituents is 2. The molecule has 17 nitrogen and oxygen atoms in total. The van der Waals surface area contributed by atoms with Crippen molar-refractivity contribution in [3.63, 3.8) is 0 Å². The van der Waals surface area contributed by atoms with Crippen LogP contribution in [-0.4, -0.2) is 95.6 Å². The molecule has 2 amide bonds. The average molecular weight is 762 g/mol. The maximum absolute atomic E-state index is 13.8. The molecule has 0 unspecified atom stereocenters. The number of amides is 2. The Morgan fingerprint density at radius 3 is 2.22 bits per heavy atom. The number of hydrogen-bond donors (Lipinski definition) is 1. The Kier molecular flexibility index (Phi) is 10.3. The number of thioether (sulfide) groups is 1. The number of rotatable bonds is 12. The van der Waals surface area contributed by atoms with Gasteiger partial charge in [0.05, 0.1) is 40.1 Å². The van der Waals surface area contributed by atoms with Gasteiger partial charge in [0.25, 0.3) is 11.4 Å². The second-order valence-corrected chi connectivity index (χ2v) is 15.3. The minimum absolute atomic E-state index is 0.0680. The molecule has 6 atom stereocenters. The molecule has 3 aromatic rings. The van der Waals surface area contributed by atoms with Crippen molar-refractivity contribution >= 4 is 46.9 Å². The number of β-lactam (4-membered cyclic amide) rings is 1. The number of nitrogens with zero attached hydrogens (tertiary/aromatic N) is 7. The van der Waals surface area contributed by atoms with Crippen LogP contribution in [0, 0.1) is 32.1 Å². The smallest absolute Gasteiger partial charge is 0.410 e. The highest BCUT2D eigenvalue weighted by atomic mass is 32.2. The third kappa shape index (κ3) is 7.10. The molecule has 18 heteroatoms. The van der Waals surface area contributed by atoms with Gasteiger partial charge >= 0.3 is 12.1 Å². The highest BCUT2D eigenvalue weighted by Gasteiger charge is 2.60. The summed E-state index contributed by atoms with van der Waals surface area (Å²) in [5.41, 5.74) is 1.07. The Balaban J connectivity index is 1.12. The molecule has 2 fully saturated rings. The number of carbonyl (C=O) groups excluding carboxylic acids is 3. The van der Waals surface area contributed by atoms with Crippen LogP contribution >= 0.6 is 11.8 Å². The Labute approximate surface area is 313 Å². The van der Waals surface area contributed by atoms with Crippen LogP contribution in [-0.2, 0) is 38.8 Å². The predicted molar refractivity (Wildman–Crippen MR) is 194 cm³/mol. The molecule has 1 aromatic heterocycles. The lowest BCUT2D eigenvalue weighted by Crippen LogP contribution is -2.63. The number of aryl methyl sites for hydroxylation is 1. The summed E-state index contributed by atoms with van der Waals surface area (Å²) in [6.45, 7) is 5.56. The van der Waals surface area contributed by atoms with Crippen molar-refractivity contribution < 1.29 is 38.8 Å². The van der Waals surface area contributed by atoms with Gasteiger partial charge in [-0.25, -0.2) is 14.3 Å². The van der Waals surface area contributed by atoms with Crippen molar-refractivity contribution in [2.24, 2.45) is 11.8 Å². The fourth-order valence-corrected chi connectivity index (χ4v) is 9.37. The highest BCUT2D eigenvalue weighted by molar-refractivity contribution is 8.03. The summed E-state index contributed by atoms with van der Waals surface area (Å²) in [5.74, 6) is -1.15. The molecule has 2 saturated heterocycles. The standard InChI is InChI=1S/C36H39N7O10S/c1-21-31-30(22(2)44)34(45)41(31)32(35(46)52-19-23-4-8-25(9-5-23)42(48)49)33(21)54-28-16-27(17-38-14-3-15-40-29(38)12-13-37-40)39(18-28)36(47)53-20-24-6-10-26(11-7-24)43(50)51/h4-13,21-22,27-28,30-31,44H,3,14-20H2,1-2H3/t21-,22-,27+,28+,30-,31-/m1/s1. The summed E-state index contributed by atoms with van der Waals surface area (Å²) < 4.78 is 13.4. The van der Waals surface area contributed by atoms with E-state index in [1.54, 1.807) is 30.2 Å². The van der Waals surface area contributed by atoms with E-state index in [1.807, 2.05) is 17.7 Å². The van der Waals surface area contributed by atoms with Gasteiger partial charge < -0.3 is 29.3 Å². The average Bonchev–Trinajstić information content (AvgIpc) is 3.86. The summed E-state index contributed by atoms with van der Waals surface area (Å²) in [6.07, 6.45) is 1.70. The van der Waals surface area contributed by atoms with Gasteiger partial charge in [-0.1, -0.05) is 6.92 Å². The zero-order valence-corrected chi connectivity index (χ0v) is 30.4. The molecule has 4 aliphatic heterocycles. The van der Waals surface area contributed by atoms with Crippen molar-refractivity contribution in [3.8, 4) is 0 Å². The van der Waals surface area contributed by atoms with Gasteiger partial charge in [-0.3, -0.25) is 25.0 Å². The topological polar surface area (TPSA) is 204 Å². The van der Waals surface area contributed by atoms with Crippen LogP contribution in [0.5, 0.6) is 0 Å². The van der Waals surface area contributed by atoms with Crippen LogP contribution in [0.3, 0.4) is 0 Å². The van der Waals surface area contributed by atoms with Crippen LogP contribution < -0.4 is 4.90 Å². The lowest BCUT2D eigenvalue weighted by atomic mass is 9.79. The monoisotopic (exact) mass is 761 g/mol. The summed E-state index contributed by atoms with van der Waals surface area (Å²) in [4.78, 5) is 68.0. The summed E-state index contributed by atoms with van der Waals surface area (Å²) in [5, 5.41) is 36.9. The third-order valence-electron chi connectivity index (χ3n) is 10.5. The molecule has 0 saturated carbocycles. The number of anilines is 1. The van der Waals surface area contributed by atoms with Crippen LogP contribution in [0.4, 0.5) is 22.0 Å². The molecule has 5 heterocycles. The van der Waals surface area contributed by atoms with Crippen LogP contribution in [0.1, 0.15) is 37.8 Å². The molecule has 0 bridgehead atoms. The number of nitro groups is 2. The molecule has 2 aromatic carbocycles. The van der Waals surface area contributed by atoms with Crippen molar-refractivity contribution in [3.05, 3.63) is 103 Å². The first-order valence-corrected chi connectivity index (χ1v) is 18.5. The van der Waals surface area contributed by atoms with E-state index in [0.717, 1.165) is 25.3 Å². The second-order valence-electron chi connectivity index (χ2n) is 13.9. The number of esters is 1. The lowest BCUT2D eigenvalue weighted by Gasteiger charge is -2.46. The lowest BCUT2D eigenvalue weighted by molar-refractivity contribution is -0.385. The molecular formula is C36H39N7O10S. The summed E-state index contributed by atoms with van der Waals surface area (Å²) >= 11 is 1.42. The van der Waals surface area contributed by atoms with E-state index >= 15 is 0 Å². The molecular weight excluding hydrogens is 723 g/mol. The molecule has 7 rings (SSSR count). The number of aliphatic hydroxyl groups is 1. The fourth-order valence-electron chi connectivity index (χ4n) is 7.81. The van der Waals surface area contributed by atoms with Crippen LogP contribution in [0.25, 0.3) is 0 Å². The van der Waals surface area contributed by atoms with E-state index < -0.39 is 40.0 Å². The Morgan fingerprint density at radius 1 is 0.981 bits per heavy atom. The zero-order chi connectivity index (χ0) is 38.3. The molecule has 1 N–H and O–H groups in total. The zero-order valence-electron chi connectivity index (χ0n) is 29.6. The van der Waals surface area contributed by atoms with Gasteiger partial charge in [-0.05, 0) is 55.2 Å². The number of ether oxygens (including phenoxy) is 2. The van der Waals surface area contributed by atoms with E-state index in [-0.39, 0.29) is 59.9 Å². The second kappa shape index (κ2) is 15.1. The van der Waals surface area contributed by atoms with Gasteiger partial charge in [0.1, 0.15) is 24.7 Å². The molecule has 0 aliphatic carbocycles. The number of aliphatic hydroxyl groups excluding tert-OH is 1. The van der Waals surface area contributed by atoms with Gasteiger partial charge in [-0.2, -0.15) is 5.10 Å². The van der Waals surface area contributed by atoms with Crippen LogP contribution in [0.15, 0.2) is 71.4 Å². The van der Waals surface area contributed by atoms with Crippen molar-refractivity contribution in [2.45, 2.75) is 69.9 Å². The minimum atomic E-state index is -0.933. The molecule has 54 heavy (non-hydrogen) atoms. The van der Waals surface area contributed by atoms with E-state index in [9.17, 15) is 39.7 Å². The Morgan fingerprint density at radius 2 is 1.61 bits per heavy atom. The summed E-state index contributed by atoms with van der Waals surface area (Å²) in [6, 6.07) is 12.6. The number of fused-ring (bicyclic) bond motifs is 2. The van der Waals surface area contributed by atoms with Gasteiger partial charge in [0, 0.05) is 72.6 Å². The normalized spacial score (nSPS) is 23.8. The number of nitro benzene ring substituents is 2. The van der Waals surface area contributed by atoms with Crippen molar-refractivity contribution in [2.75, 3.05) is 24.5 Å². The number of carbonyl (C=O) groups is 3. The Bertz CT molecular complexity index is 1990. The van der Waals surface area contributed by atoms with Gasteiger partial charge in [-0.15, -0.1) is 11.8 Å².